The molecular weight excluding hydrogens is 440 g/mol. The summed E-state index contributed by atoms with van der Waals surface area (Å²) in [6, 6.07) is 12.0. The minimum Gasteiger partial charge on any atom is -0.456 e. The molecule has 0 aliphatic carbocycles. The van der Waals surface area contributed by atoms with Crippen molar-refractivity contribution in [3.8, 4) is 0 Å². The first kappa shape index (κ1) is 22.6. The van der Waals surface area contributed by atoms with Crippen LogP contribution in [0.1, 0.15) is 70.4 Å². The summed E-state index contributed by atoms with van der Waals surface area (Å²) in [5.74, 6) is -0.375. The first-order valence-electron chi connectivity index (χ1n) is 11.5. The van der Waals surface area contributed by atoms with Crippen molar-refractivity contribution in [3.05, 3.63) is 98.5 Å². The van der Waals surface area contributed by atoms with Gasteiger partial charge in [0.25, 0.3) is 17.7 Å². The van der Waals surface area contributed by atoms with Gasteiger partial charge in [-0.25, -0.2) is 0 Å². The van der Waals surface area contributed by atoms with E-state index in [0.717, 1.165) is 0 Å². The van der Waals surface area contributed by atoms with Crippen molar-refractivity contribution >= 4 is 34.2 Å². The topological polar surface area (TPSA) is 88.4 Å². The van der Waals surface area contributed by atoms with Crippen molar-refractivity contribution < 1.29 is 18.8 Å². The number of carbonyl (C=O) groups is 3. The molecule has 6 nitrogen and oxygen atoms in total. The van der Waals surface area contributed by atoms with Gasteiger partial charge in [0.2, 0.25) is 0 Å². The van der Waals surface area contributed by atoms with Crippen LogP contribution in [-0.2, 0) is 6.42 Å². The Morgan fingerprint density at radius 3 is 2.11 bits per heavy atom. The SMILES string of the molecule is Cc1c(C)c(C)c(Cc2ccc(C(=O)Nc3ccc4c5c(cccc35)C(=O)NC4=O)o2)c(C)c1C. The molecule has 0 fully saturated rings. The molecule has 3 aromatic carbocycles. The van der Waals surface area contributed by atoms with E-state index in [4.69, 9.17) is 4.42 Å². The van der Waals surface area contributed by atoms with Crippen LogP contribution in [0.15, 0.2) is 46.9 Å². The van der Waals surface area contributed by atoms with Crippen LogP contribution in [0, 0.1) is 34.6 Å². The van der Waals surface area contributed by atoms with Gasteiger partial charge in [0, 0.05) is 34.0 Å². The van der Waals surface area contributed by atoms with Gasteiger partial charge >= 0.3 is 0 Å². The molecule has 1 aliphatic heterocycles. The van der Waals surface area contributed by atoms with E-state index in [-0.39, 0.29) is 5.76 Å². The molecule has 6 heteroatoms. The zero-order valence-electron chi connectivity index (χ0n) is 20.4. The third-order valence-electron chi connectivity index (χ3n) is 7.40. The molecule has 0 spiro atoms. The first-order chi connectivity index (χ1) is 16.7. The van der Waals surface area contributed by atoms with Gasteiger partial charge in [0.05, 0.1) is 0 Å². The highest BCUT2D eigenvalue weighted by Gasteiger charge is 2.26. The Hall–Kier alpha value is -4.19. The predicted octanol–water partition coefficient (Wildman–Crippen LogP) is 5.70. The van der Waals surface area contributed by atoms with Gasteiger partial charge < -0.3 is 9.73 Å². The predicted molar refractivity (Wildman–Crippen MR) is 135 cm³/mol. The standard InChI is InChI=1S/C29H26N2O4/c1-14-15(2)17(4)23(18(5)16(14)3)13-19-9-12-25(35-19)29(34)30-24-11-10-22-26-20(24)7-6-8-21(26)27(32)31-28(22)33/h6-12H,13H2,1-5H3,(H,30,34)(H,31,32,33). The van der Waals surface area contributed by atoms with Gasteiger partial charge in [-0.2, -0.15) is 0 Å². The Balaban J connectivity index is 1.44. The number of rotatable bonds is 4. The highest BCUT2D eigenvalue weighted by atomic mass is 16.3. The lowest BCUT2D eigenvalue weighted by Crippen LogP contribution is -2.34. The zero-order chi connectivity index (χ0) is 25.0. The minimum atomic E-state index is -0.445. The number of imide groups is 1. The number of anilines is 1. The molecule has 1 aliphatic rings. The van der Waals surface area contributed by atoms with E-state index in [1.54, 1.807) is 36.4 Å². The van der Waals surface area contributed by atoms with E-state index in [2.05, 4.69) is 45.3 Å². The van der Waals surface area contributed by atoms with E-state index < -0.39 is 17.7 Å². The molecule has 4 aromatic rings. The number of hydrogen-bond acceptors (Lipinski definition) is 4. The third-order valence-corrected chi connectivity index (χ3v) is 7.40. The lowest BCUT2D eigenvalue weighted by atomic mass is 9.88. The highest BCUT2D eigenvalue weighted by molar-refractivity contribution is 6.27. The second-order valence-corrected chi connectivity index (χ2v) is 9.17. The quantitative estimate of drug-likeness (QED) is 0.378. The summed E-state index contributed by atoms with van der Waals surface area (Å²) >= 11 is 0. The van der Waals surface area contributed by atoms with Crippen LogP contribution >= 0.6 is 0 Å². The summed E-state index contributed by atoms with van der Waals surface area (Å²) in [5.41, 5.74) is 8.90. The highest BCUT2D eigenvalue weighted by Crippen LogP contribution is 2.33. The molecule has 0 unspecified atom stereocenters. The third kappa shape index (κ3) is 3.62. The van der Waals surface area contributed by atoms with E-state index >= 15 is 0 Å². The van der Waals surface area contributed by atoms with Crippen LogP contribution in [0.2, 0.25) is 0 Å². The van der Waals surface area contributed by atoms with Crippen molar-refractivity contribution in [2.45, 2.75) is 41.0 Å². The molecule has 5 rings (SSSR count). The van der Waals surface area contributed by atoms with E-state index in [1.165, 1.54) is 33.4 Å². The van der Waals surface area contributed by atoms with E-state index in [0.29, 0.717) is 39.8 Å². The largest absolute Gasteiger partial charge is 0.456 e. The van der Waals surface area contributed by atoms with Gasteiger partial charge in [-0.05, 0) is 98.3 Å². The molecule has 0 atom stereocenters. The lowest BCUT2D eigenvalue weighted by Gasteiger charge is -2.18. The lowest BCUT2D eigenvalue weighted by molar-refractivity contribution is 0.0844. The molecule has 176 valence electrons. The molecule has 0 bridgehead atoms. The average Bonchev–Trinajstić information content (AvgIpc) is 3.32. The fourth-order valence-corrected chi connectivity index (χ4v) is 4.93. The second kappa shape index (κ2) is 8.24. The van der Waals surface area contributed by atoms with E-state index in [9.17, 15) is 14.4 Å². The number of hydrogen-bond donors (Lipinski definition) is 2. The Kier molecular flexibility index (Phi) is 5.32. The number of furan rings is 1. The summed E-state index contributed by atoms with van der Waals surface area (Å²) in [4.78, 5) is 37.6. The van der Waals surface area contributed by atoms with Crippen LogP contribution in [0.4, 0.5) is 5.69 Å². The summed E-state index contributed by atoms with van der Waals surface area (Å²) in [6.45, 7) is 10.7. The van der Waals surface area contributed by atoms with Gasteiger partial charge in [0.15, 0.2) is 5.76 Å². The smallest absolute Gasteiger partial charge is 0.291 e. The maximum absolute atomic E-state index is 13.0. The van der Waals surface area contributed by atoms with Crippen LogP contribution in [0.25, 0.3) is 10.8 Å². The second-order valence-electron chi connectivity index (χ2n) is 9.17. The van der Waals surface area contributed by atoms with Crippen LogP contribution in [-0.4, -0.2) is 17.7 Å². The molecule has 0 radical (unpaired) electrons. The number of benzene rings is 3. The Labute approximate surface area is 203 Å². The van der Waals surface area contributed by atoms with Crippen LogP contribution in [0.5, 0.6) is 0 Å². The minimum absolute atomic E-state index is 0.199. The number of nitrogens with one attached hydrogen (secondary N) is 2. The van der Waals surface area contributed by atoms with Gasteiger partial charge in [-0.3, -0.25) is 19.7 Å². The first-order valence-corrected chi connectivity index (χ1v) is 11.5. The Bertz CT molecular complexity index is 1530. The summed E-state index contributed by atoms with van der Waals surface area (Å²) in [5, 5.41) is 6.39. The van der Waals surface area contributed by atoms with Crippen molar-refractivity contribution in [2.24, 2.45) is 0 Å². The normalized spacial score (nSPS) is 12.7. The Morgan fingerprint density at radius 1 is 0.800 bits per heavy atom. The fraction of sp³-hybridized carbons (Fsp3) is 0.207. The summed E-state index contributed by atoms with van der Waals surface area (Å²) < 4.78 is 5.94. The van der Waals surface area contributed by atoms with Crippen LogP contribution < -0.4 is 10.6 Å². The summed E-state index contributed by atoms with van der Waals surface area (Å²) in [6.07, 6.45) is 0.602. The molecule has 0 saturated heterocycles. The summed E-state index contributed by atoms with van der Waals surface area (Å²) in [7, 11) is 0. The molecule has 3 amide bonds. The molecule has 2 heterocycles. The molecule has 2 N–H and O–H groups in total. The number of amides is 3. The maximum atomic E-state index is 13.0. The molecule has 0 saturated carbocycles. The van der Waals surface area contributed by atoms with Crippen LogP contribution in [0.3, 0.4) is 0 Å². The van der Waals surface area contributed by atoms with Gasteiger partial charge in [-0.15, -0.1) is 0 Å². The van der Waals surface area contributed by atoms with Crippen molar-refractivity contribution in [3.63, 3.8) is 0 Å². The molecular formula is C29H26N2O4. The van der Waals surface area contributed by atoms with Gasteiger partial charge in [0.1, 0.15) is 5.76 Å². The monoisotopic (exact) mass is 466 g/mol. The van der Waals surface area contributed by atoms with Crippen molar-refractivity contribution in [1.82, 2.24) is 5.32 Å². The average molecular weight is 467 g/mol. The Morgan fingerprint density at radius 2 is 1.43 bits per heavy atom. The van der Waals surface area contributed by atoms with Crippen molar-refractivity contribution in [1.29, 1.82) is 0 Å². The molecule has 35 heavy (non-hydrogen) atoms. The number of carbonyl (C=O) groups excluding carboxylic acids is 3. The molecule has 1 aromatic heterocycles. The maximum Gasteiger partial charge on any atom is 0.291 e. The van der Waals surface area contributed by atoms with E-state index in [1.807, 2.05) is 6.07 Å². The van der Waals surface area contributed by atoms with Gasteiger partial charge in [-0.1, -0.05) is 12.1 Å². The zero-order valence-corrected chi connectivity index (χ0v) is 20.4. The van der Waals surface area contributed by atoms with Crippen molar-refractivity contribution in [2.75, 3.05) is 5.32 Å². The fourth-order valence-electron chi connectivity index (χ4n) is 4.93.